The lowest BCUT2D eigenvalue weighted by molar-refractivity contribution is 0.0948. The first-order chi connectivity index (χ1) is 11.3. The van der Waals surface area contributed by atoms with Crippen molar-refractivity contribution in [1.29, 1.82) is 0 Å². The molecule has 0 spiro atoms. The fraction of sp³-hybridized carbons (Fsp3) is 0.167. The number of rotatable bonds is 5. The SMILES string of the molecule is COc1cccc(CCNC(=O)c2cc3ccccc3nn2)c1. The number of nitrogens with zero attached hydrogens (tertiary/aromatic N) is 2. The van der Waals surface area contributed by atoms with Crippen LogP contribution in [0.5, 0.6) is 5.75 Å². The summed E-state index contributed by atoms with van der Waals surface area (Å²) in [6, 6.07) is 17.1. The van der Waals surface area contributed by atoms with Crippen LogP contribution in [0, 0.1) is 0 Å². The highest BCUT2D eigenvalue weighted by molar-refractivity contribution is 5.95. The molecule has 1 heterocycles. The maximum absolute atomic E-state index is 12.2. The first kappa shape index (κ1) is 15.0. The van der Waals surface area contributed by atoms with Crippen molar-refractivity contribution in [1.82, 2.24) is 15.5 Å². The van der Waals surface area contributed by atoms with Gasteiger partial charge in [0.1, 0.15) is 5.75 Å². The number of benzene rings is 2. The van der Waals surface area contributed by atoms with E-state index in [9.17, 15) is 4.79 Å². The average molecular weight is 307 g/mol. The van der Waals surface area contributed by atoms with Crippen LogP contribution in [0.1, 0.15) is 16.1 Å². The van der Waals surface area contributed by atoms with Gasteiger partial charge >= 0.3 is 0 Å². The van der Waals surface area contributed by atoms with E-state index < -0.39 is 0 Å². The van der Waals surface area contributed by atoms with Gasteiger partial charge < -0.3 is 10.1 Å². The molecule has 23 heavy (non-hydrogen) atoms. The molecule has 0 aliphatic carbocycles. The Morgan fingerprint density at radius 2 is 1.96 bits per heavy atom. The summed E-state index contributed by atoms with van der Waals surface area (Å²) in [5, 5.41) is 11.8. The van der Waals surface area contributed by atoms with E-state index in [0.717, 1.165) is 28.6 Å². The number of fused-ring (bicyclic) bond motifs is 1. The van der Waals surface area contributed by atoms with Crippen LogP contribution in [0.25, 0.3) is 10.9 Å². The highest BCUT2D eigenvalue weighted by Crippen LogP contribution is 2.13. The highest BCUT2D eigenvalue weighted by Gasteiger charge is 2.08. The van der Waals surface area contributed by atoms with Crippen LogP contribution < -0.4 is 10.1 Å². The Balaban J connectivity index is 1.61. The van der Waals surface area contributed by atoms with Gasteiger partial charge in [0.2, 0.25) is 0 Å². The van der Waals surface area contributed by atoms with E-state index in [2.05, 4.69) is 15.5 Å². The quantitative estimate of drug-likeness (QED) is 0.787. The molecule has 116 valence electrons. The number of methoxy groups -OCH3 is 1. The summed E-state index contributed by atoms with van der Waals surface area (Å²) in [5.74, 6) is 0.598. The number of carbonyl (C=O) groups excluding carboxylic acids is 1. The van der Waals surface area contributed by atoms with E-state index in [4.69, 9.17) is 4.74 Å². The Labute approximate surface area is 134 Å². The van der Waals surface area contributed by atoms with E-state index in [1.807, 2.05) is 48.5 Å². The first-order valence-electron chi connectivity index (χ1n) is 7.40. The van der Waals surface area contributed by atoms with Gasteiger partial charge in [-0.05, 0) is 36.2 Å². The molecule has 1 N–H and O–H groups in total. The maximum atomic E-state index is 12.2. The number of ether oxygens (including phenoxy) is 1. The van der Waals surface area contributed by atoms with Crippen LogP contribution in [-0.4, -0.2) is 29.8 Å². The predicted octanol–water partition coefficient (Wildman–Crippen LogP) is 2.61. The molecule has 1 amide bonds. The fourth-order valence-corrected chi connectivity index (χ4v) is 2.33. The molecule has 0 aliphatic heterocycles. The Morgan fingerprint density at radius 1 is 1.09 bits per heavy atom. The average Bonchev–Trinajstić information content (AvgIpc) is 2.61. The lowest BCUT2D eigenvalue weighted by Crippen LogP contribution is -2.26. The van der Waals surface area contributed by atoms with Crippen LogP contribution >= 0.6 is 0 Å². The predicted molar refractivity (Wildman–Crippen MR) is 88.6 cm³/mol. The van der Waals surface area contributed by atoms with Crippen LogP contribution in [0.2, 0.25) is 0 Å². The third-order valence-electron chi connectivity index (χ3n) is 3.56. The van der Waals surface area contributed by atoms with Gasteiger partial charge in [-0.25, -0.2) is 0 Å². The Kier molecular flexibility index (Phi) is 4.47. The molecule has 0 atom stereocenters. The van der Waals surface area contributed by atoms with Gasteiger partial charge in [-0.3, -0.25) is 4.79 Å². The topological polar surface area (TPSA) is 64.1 Å². The molecule has 5 heteroatoms. The number of hydrogen-bond donors (Lipinski definition) is 1. The summed E-state index contributed by atoms with van der Waals surface area (Å²) >= 11 is 0. The number of nitrogens with one attached hydrogen (secondary N) is 1. The molecule has 3 rings (SSSR count). The molecule has 0 saturated heterocycles. The van der Waals surface area contributed by atoms with Crippen molar-refractivity contribution in [3.63, 3.8) is 0 Å². The summed E-state index contributed by atoms with van der Waals surface area (Å²) in [4.78, 5) is 12.2. The molecule has 3 aromatic rings. The van der Waals surface area contributed by atoms with Crippen molar-refractivity contribution in [2.75, 3.05) is 13.7 Å². The van der Waals surface area contributed by atoms with Gasteiger partial charge in [0, 0.05) is 11.9 Å². The largest absolute Gasteiger partial charge is 0.497 e. The van der Waals surface area contributed by atoms with Crippen LogP contribution in [-0.2, 0) is 6.42 Å². The van der Waals surface area contributed by atoms with Crippen LogP contribution in [0.4, 0.5) is 0 Å². The normalized spacial score (nSPS) is 10.5. The lowest BCUT2D eigenvalue weighted by atomic mass is 10.1. The second kappa shape index (κ2) is 6.87. The van der Waals surface area contributed by atoms with Crippen LogP contribution in [0.15, 0.2) is 54.6 Å². The maximum Gasteiger partial charge on any atom is 0.271 e. The first-order valence-corrected chi connectivity index (χ1v) is 7.40. The fourth-order valence-electron chi connectivity index (χ4n) is 2.33. The van der Waals surface area contributed by atoms with Crippen molar-refractivity contribution >= 4 is 16.8 Å². The lowest BCUT2D eigenvalue weighted by Gasteiger charge is -2.06. The van der Waals surface area contributed by atoms with Crippen molar-refractivity contribution in [2.24, 2.45) is 0 Å². The molecule has 0 aliphatic rings. The van der Waals surface area contributed by atoms with E-state index in [1.54, 1.807) is 13.2 Å². The smallest absolute Gasteiger partial charge is 0.271 e. The van der Waals surface area contributed by atoms with Gasteiger partial charge in [-0.15, -0.1) is 10.2 Å². The zero-order chi connectivity index (χ0) is 16.1. The molecule has 0 fully saturated rings. The Bertz CT molecular complexity index is 833. The highest BCUT2D eigenvalue weighted by atomic mass is 16.5. The number of carbonyl (C=O) groups is 1. The van der Waals surface area contributed by atoms with E-state index in [0.29, 0.717) is 12.2 Å². The molecule has 0 unspecified atom stereocenters. The molecule has 0 saturated carbocycles. The third kappa shape index (κ3) is 3.63. The van der Waals surface area contributed by atoms with Gasteiger partial charge in [0.15, 0.2) is 5.69 Å². The summed E-state index contributed by atoms with van der Waals surface area (Å²) in [6.07, 6.45) is 0.726. The Morgan fingerprint density at radius 3 is 2.83 bits per heavy atom. The van der Waals surface area contributed by atoms with Gasteiger partial charge in [0.05, 0.1) is 12.6 Å². The summed E-state index contributed by atoms with van der Waals surface area (Å²) < 4.78 is 5.19. The van der Waals surface area contributed by atoms with Crippen LogP contribution in [0.3, 0.4) is 0 Å². The summed E-state index contributed by atoms with van der Waals surface area (Å²) in [7, 11) is 1.64. The Hall–Kier alpha value is -2.95. The summed E-state index contributed by atoms with van der Waals surface area (Å²) in [6.45, 7) is 0.528. The van der Waals surface area contributed by atoms with Gasteiger partial charge in [-0.1, -0.05) is 30.3 Å². The molecule has 1 aromatic heterocycles. The minimum atomic E-state index is -0.217. The molecule has 2 aromatic carbocycles. The number of hydrogen-bond acceptors (Lipinski definition) is 4. The molecular formula is C18H17N3O2. The second-order valence-electron chi connectivity index (χ2n) is 5.15. The monoisotopic (exact) mass is 307 g/mol. The van der Waals surface area contributed by atoms with Crippen molar-refractivity contribution < 1.29 is 9.53 Å². The molecule has 0 radical (unpaired) electrons. The standard InChI is InChI=1S/C18H17N3O2/c1-23-15-7-4-5-13(11-15)9-10-19-18(22)17-12-14-6-2-3-8-16(14)20-21-17/h2-8,11-12H,9-10H2,1H3,(H,19,22). The molecule has 5 nitrogen and oxygen atoms in total. The van der Waals surface area contributed by atoms with Gasteiger partial charge in [-0.2, -0.15) is 0 Å². The van der Waals surface area contributed by atoms with Crippen molar-refractivity contribution in [3.8, 4) is 5.75 Å². The second-order valence-corrected chi connectivity index (χ2v) is 5.15. The number of amides is 1. The minimum Gasteiger partial charge on any atom is -0.497 e. The van der Waals surface area contributed by atoms with Crippen molar-refractivity contribution in [2.45, 2.75) is 6.42 Å². The zero-order valence-corrected chi connectivity index (χ0v) is 12.8. The third-order valence-corrected chi connectivity index (χ3v) is 3.56. The van der Waals surface area contributed by atoms with E-state index >= 15 is 0 Å². The molecule has 0 bridgehead atoms. The minimum absolute atomic E-state index is 0.217. The van der Waals surface area contributed by atoms with Crippen molar-refractivity contribution in [3.05, 3.63) is 65.9 Å². The van der Waals surface area contributed by atoms with Gasteiger partial charge in [0.25, 0.3) is 5.91 Å². The molecular weight excluding hydrogens is 290 g/mol. The number of aromatic nitrogens is 2. The van der Waals surface area contributed by atoms with E-state index in [-0.39, 0.29) is 5.91 Å². The summed E-state index contributed by atoms with van der Waals surface area (Å²) in [5.41, 5.74) is 2.21. The van der Waals surface area contributed by atoms with E-state index in [1.165, 1.54) is 0 Å². The zero-order valence-electron chi connectivity index (χ0n) is 12.8.